The molecule has 4 rings (SSSR count). The molecule has 4 nitrogen and oxygen atoms in total. The van der Waals surface area contributed by atoms with Crippen molar-refractivity contribution in [1.29, 1.82) is 0 Å². The Kier molecular flexibility index (Phi) is 3.38. The summed E-state index contributed by atoms with van der Waals surface area (Å²) in [5.74, 6) is 0.285. The van der Waals surface area contributed by atoms with Crippen molar-refractivity contribution in [2.24, 2.45) is 22.7 Å². The second kappa shape index (κ2) is 4.85. The Bertz CT molecular complexity index is 479. The highest BCUT2D eigenvalue weighted by atomic mass is 16.5. The number of carbonyl (C=O) groups is 2. The predicted molar refractivity (Wildman–Crippen MR) is 77.6 cm³/mol. The maximum atomic E-state index is 12.3. The highest BCUT2D eigenvalue weighted by molar-refractivity contribution is 5.85. The summed E-state index contributed by atoms with van der Waals surface area (Å²) in [4.78, 5) is 23.3. The van der Waals surface area contributed by atoms with Crippen LogP contribution in [0, 0.1) is 22.7 Å². The minimum absolute atomic E-state index is 0.0435. The van der Waals surface area contributed by atoms with Crippen molar-refractivity contribution in [3.05, 3.63) is 12.2 Å². The molecule has 0 aromatic rings. The number of hydrogen-bond acceptors (Lipinski definition) is 3. The van der Waals surface area contributed by atoms with Crippen molar-refractivity contribution in [1.82, 2.24) is 0 Å². The number of ether oxygens (including phenoxy) is 1. The van der Waals surface area contributed by atoms with Crippen molar-refractivity contribution in [2.45, 2.75) is 51.4 Å². The van der Waals surface area contributed by atoms with Crippen molar-refractivity contribution < 1.29 is 19.4 Å². The molecule has 0 aromatic carbocycles. The smallest absolute Gasteiger partial charge is 0.330 e. The zero-order valence-electron chi connectivity index (χ0n) is 12.7. The van der Waals surface area contributed by atoms with Gasteiger partial charge in [-0.25, -0.2) is 4.79 Å². The maximum absolute atomic E-state index is 12.3. The molecule has 4 fully saturated rings. The van der Waals surface area contributed by atoms with E-state index in [1.54, 1.807) is 0 Å². The number of esters is 1. The monoisotopic (exact) mass is 292 g/mol. The van der Waals surface area contributed by atoms with Crippen LogP contribution in [-0.4, -0.2) is 24.2 Å². The Balaban J connectivity index is 1.79. The van der Waals surface area contributed by atoms with E-state index in [0.29, 0.717) is 18.3 Å². The van der Waals surface area contributed by atoms with E-state index < -0.39 is 5.97 Å². The first-order valence-corrected chi connectivity index (χ1v) is 7.88. The summed E-state index contributed by atoms with van der Waals surface area (Å²) in [5.41, 5.74) is 0.137. The Hall–Kier alpha value is -1.32. The molecule has 4 aliphatic carbocycles. The molecule has 2 atom stereocenters. The third-order valence-electron chi connectivity index (χ3n) is 6.06. The molecule has 116 valence electrons. The molecule has 4 aliphatic rings. The second-order valence-electron chi connectivity index (χ2n) is 7.64. The van der Waals surface area contributed by atoms with Gasteiger partial charge < -0.3 is 9.84 Å². The fraction of sp³-hybridized carbons (Fsp3) is 0.765. The fourth-order valence-corrected chi connectivity index (χ4v) is 5.72. The molecule has 0 heterocycles. The summed E-state index contributed by atoms with van der Waals surface area (Å²) in [6, 6.07) is 0. The zero-order chi connectivity index (χ0) is 15.3. The first kappa shape index (κ1) is 14.6. The van der Waals surface area contributed by atoms with Gasteiger partial charge in [-0.15, -0.1) is 0 Å². The summed E-state index contributed by atoms with van der Waals surface area (Å²) in [6.45, 7) is 3.65. The molecule has 0 radical (unpaired) electrons. The first-order chi connectivity index (χ1) is 9.88. The number of methoxy groups -OCH3 is 1. The molecule has 0 saturated heterocycles. The SMILES string of the molecule is C=C(CCC12CC3CC(C1)CC(C(=O)OC)(C3)C2)C(=O)O. The molecule has 4 heteroatoms. The van der Waals surface area contributed by atoms with Crippen LogP contribution >= 0.6 is 0 Å². The van der Waals surface area contributed by atoms with E-state index in [4.69, 9.17) is 9.84 Å². The molecule has 0 amide bonds. The lowest BCUT2D eigenvalue weighted by Crippen LogP contribution is -2.55. The van der Waals surface area contributed by atoms with Gasteiger partial charge in [0.2, 0.25) is 0 Å². The molecule has 0 aromatic heterocycles. The van der Waals surface area contributed by atoms with E-state index in [9.17, 15) is 9.59 Å². The van der Waals surface area contributed by atoms with Crippen LogP contribution in [0.25, 0.3) is 0 Å². The van der Waals surface area contributed by atoms with Crippen molar-refractivity contribution in [3.63, 3.8) is 0 Å². The quantitative estimate of drug-likeness (QED) is 0.624. The van der Waals surface area contributed by atoms with Gasteiger partial charge >= 0.3 is 11.9 Å². The minimum Gasteiger partial charge on any atom is -0.478 e. The highest BCUT2D eigenvalue weighted by Gasteiger charge is 2.60. The maximum Gasteiger partial charge on any atom is 0.330 e. The summed E-state index contributed by atoms with van der Waals surface area (Å²) in [7, 11) is 1.49. The van der Waals surface area contributed by atoms with E-state index >= 15 is 0 Å². The van der Waals surface area contributed by atoms with Crippen LogP contribution in [0.3, 0.4) is 0 Å². The number of hydrogen-bond donors (Lipinski definition) is 1. The molecule has 0 spiro atoms. The third kappa shape index (κ3) is 2.39. The number of carboxylic acids is 1. The van der Waals surface area contributed by atoms with Crippen molar-refractivity contribution >= 4 is 11.9 Å². The topological polar surface area (TPSA) is 63.6 Å². The van der Waals surface area contributed by atoms with E-state index in [1.165, 1.54) is 13.5 Å². The lowest BCUT2D eigenvalue weighted by atomic mass is 9.43. The largest absolute Gasteiger partial charge is 0.478 e. The predicted octanol–water partition coefficient (Wildman–Crippen LogP) is 3.17. The van der Waals surface area contributed by atoms with Crippen molar-refractivity contribution in [2.75, 3.05) is 7.11 Å². The Morgan fingerprint density at radius 3 is 2.38 bits per heavy atom. The number of carboxylic acid groups (broad SMARTS) is 1. The summed E-state index contributed by atoms with van der Waals surface area (Å²) in [5, 5.41) is 9.00. The molecular formula is C17H24O4. The van der Waals surface area contributed by atoms with Crippen LogP contribution in [-0.2, 0) is 14.3 Å². The lowest BCUT2D eigenvalue weighted by Gasteiger charge is -2.61. The molecule has 0 aliphatic heterocycles. The van der Waals surface area contributed by atoms with Gasteiger partial charge in [-0.05, 0) is 68.6 Å². The fourth-order valence-electron chi connectivity index (χ4n) is 5.72. The Labute approximate surface area is 125 Å². The first-order valence-electron chi connectivity index (χ1n) is 7.88. The van der Waals surface area contributed by atoms with Gasteiger partial charge in [0.1, 0.15) is 0 Å². The normalized spacial score (nSPS) is 40.0. The molecular weight excluding hydrogens is 268 g/mol. The van der Waals surface area contributed by atoms with Gasteiger partial charge in [-0.3, -0.25) is 4.79 Å². The summed E-state index contributed by atoms with van der Waals surface area (Å²) < 4.78 is 5.09. The highest BCUT2D eigenvalue weighted by Crippen LogP contribution is 2.66. The molecule has 1 N–H and O–H groups in total. The zero-order valence-corrected chi connectivity index (χ0v) is 12.7. The standard InChI is InChI=1S/C17H24O4/c1-11(14(18)19)3-4-16-6-12-5-13(7-16)9-17(8-12,10-16)15(20)21-2/h12-13H,1,3-10H2,2H3,(H,18,19). The van der Waals surface area contributed by atoms with Gasteiger partial charge in [-0.1, -0.05) is 6.58 Å². The van der Waals surface area contributed by atoms with Crippen LogP contribution < -0.4 is 0 Å². The summed E-state index contributed by atoms with van der Waals surface area (Å²) in [6.07, 6.45) is 7.74. The summed E-state index contributed by atoms with van der Waals surface area (Å²) >= 11 is 0. The van der Waals surface area contributed by atoms with Gasteiger partial charge in [0, 0.05) is 5.57 Å². The van der Waals surface area contributed by atoms with E-state index in [-0.39, 0.29) is 22.4 Å². The van der Waals surface area contributed by atoms with E-state index in [0.717, 1.165) is 38.5 Å². The number of rotatable bonds is 5. The molecule has 4 saturated carbocycles. The van der Waals surface area contributed by atoms with Gasteiger partial charge in [0.05, 0.1) is 12.5 Å². The van der Waals surface area contributed by atoms with Crippen LogP contribution in [0.2, 0.25) is 0 Å². The van der Waals surface area contributed by atoms with Crippen LogP contribution in [0.5, 0.6) is 0 Å². The Morgan fingerprint density at radius 1 is 1.24 bits per heavy atom. The van der Waals surface area contributed by atoms with Gasteiger partial charge in [-0.2, -0.15) is 0 Å². The van der Waals surface area contributed by atoms with Gasteiger partial charge in [0.15, 0.2) is 0 Å². The molecule has 21 heavy (non-hydrogen) atoms. The van der Waals surface area contributed by atoms with Crippen LogP contribution in [0.15, 0.2) is 12.2 Å². The average molecular weight is 292 g/mol. The second-order valence-corrected chi connectivity index (χ2v) is 7.64. The number of aliphatic carboxylic acids is 1. The van der Waals surface area contributed by atoms with Crippen molar-refractivity contribution in [3.8, 4) is 0 Å². The van der Waals surface area contributed by atoms with E-state index in [2.05, 4.69) is 6.58 Å². The van der Waals surface area contributed by atoms with E-state index in [1.807, 2.05) is 0 Å². The minimum atomic E-state index is -0.901. The average Bonchev–Trinajstić information content (AvgIpc) is 2.42. The lowest BCUT2D eigenvalue weighted by molar-refractivity contribution is -0.178. The molecule has 2 unspecified atom stereocenters. The third-order valence-corrected chi connectivity index (χ3v) is 6.06. The molecule has 4 bridgehead atoms. The van der Waals surface area contributed by atoms with Crippen LogP contribution in [0.1, 0.15) is 51.4 Å². The van der Waals surface area contributed by atoms with Crippen LogP contribution in [0.4, 0.5) is 0 Å². The Morgan fingerprint density at radius 2 is 1.86 bits per heavy atom. The number of carbonyl (C=O) groups excluding carboxylic acids is 1. The van der Waals surface area contributed by atoms with Gasteiger partial charge in [0.25, 0.3) is 0 Å².